The fourth-order valence-corrected chi connectivity index (χ4v) is 4.08. The molecule has 0 saturated heterocycles. The lowest BCUT2D eigenvalue weighted by Crippen LogP contribution is -2.42. The minimum Gasteiger partial charge on any atom is -0.481 e. The van der Waals surface area contributed by atoms with Gasteiger partial charge >= 0.3 is 29.8 Å². The Balaban J connectivity index is 0.000000545. The Labute approximate surface area is 240 Å². The standard InChI is InChI=1S/C20H25ClN2O5.C6H8O7/c1-4-28-20(25)18-15(11-27-10-9-22)23-12(2)16(19(24)26-3)17(18)13-7-5-6-8-14(13)21;7-3(8)1-6(13,5(11)12)2-4(9)10/h5-8,17,23H,4,9-11,22H2,1-3H3;13H,1-2H2,(H,7,8)(H,9,10)(H,11,12). The number of carboxylic acids is 3. The number of esters is 2. The van der Waals surface area contributed by atoms with E-state index < -0.39 is 54.2 Å². The summed E-state index contributed by atoms with van der Waals surface area (Å²) in [5.41, 5.74) is 4.96. The number of methoxy groups -OCH3 is 1. The molecule has 15 heteroatoms. The van der Waals surface area contributed by atoms with Crippen LogP contribution in [0, 0.1) is 0 Å². The predicted octanol–water partition coefficient (Wildman–Crippen LogP) is 1.02. The molecule has 0 radical (unpaired) electrons. The van der Waals surface area contributed by atoms with Gasteiger partial charge in [0.2, 0.25) is 0 Å². The highest BCUT2D eigenvalue weighted by molar-refractivity contribution is 6.31. The molecule has 0 saturated carbocycles. The van der Waals surface area contributed by atoms with Crippen molar-refractivity contribution in [2.75, 3.05) is 33.5 Å². The molecule has 226 valence electrons. The van der Waals surface area contributed by atoms with Crippen molar-refractivity contribution in [2.45, 2.75) is 38.2 Å². The lowest BCUT2D eigenvalue weighted by Gasteiger charge is -2.31. The van der Waals surface area contributed by atoms with Gasteiger partial charge in [0.05, 0.1) is 62.5 Å². The number of dihydropyridines is 1. The highest BCUT2D eigenvalue weighted by Gasteiger charge is 2.41. The van der Waals surface area contributed by atoms with Crippen molar-refractivity contribution in [3.63, 3.8) is 0 Å². The maximum Gasteiger partial charge on any atom is 0.336 e. The molecular weight excluding hydrogens is 568 g/mol. The van der Waals surface area contributed by atoms with Gasteiger partial charge in [-0.2, -0.15) is 0 Å². The fourth-order valence-electron chi connectivity index (χ4n) is 3.83. The monoisotopic (exact) mass is 600 g/mol. The van der Waals surface area contributed by atoms with Crippen molar-refractivity contribution in [2.24, 2.45) is 5.73 Å². The summed E-state index contributed by atoms with van der Waals surface area (Å²) in [4.78, 5) is 55.9. The number of carbonyl (C=O) groups excluding carboxylic acids is 2. The lowest BCUT2D eigenvalue weighted by molar-refractivity contribution is -0.170. The fraction of sp³-hybridized carbons (Fsp3) is 0.423. The van der Waals surface area contributed by atoms with Gasteiger partial charge in [-0.15, -0.1) is 0 Å². The van der Waals surface area contributed by atoms with E-state index in [1.54, 1.807) is 38.1 Å². The number of carboxylic acid groups (broad SMARTS) is 3. The van der Waals surface area contributed by atoms with Crippen LogP contribution in [0.2, 0.25) is 5.02 Å². The molecule has 1 atom stereocenters. The van der Waals surface area contributed by atoms with Crippen molar-refractivity contribution < 1.29 is 58.6 Å². The summed E-state index contributed by atoms with van der Waals surface area (Å²) in [5, 5.41) is 37.3. The molecule has 1 aromatic carbocycles. The van der Waals surface area contributed by atoms with Gasteiger partial charge < -0.3 is 45.7 Å². The normalized spacial score (nSPS) is 14.8. The predicted molar refractivity (Wildman–Crippen MR) is 143 cm³/mol. The first-order valence-electron chi connectivity index (χ1n) is 12.1. The number of nitrogens with one attached hydrogen (secondary N) is 1. The summed E-state index contributed by atoms with van der Waals surface area (Å²) in [7, 11) is 1.29. The Morgan fingerprint density at radius 3 is 2.07 bits per heavy atom. The molecule has 1 heterocycles. The van der Waals surface area contributed by atoms with E-state index in [0.717, 1.165) is 0 Å². The van der Waals surface area contributed by atoms with E-state index in [-0.39, 0.29) is 18.8 Å². The second-order valence-corrected chi connectivity index (χ2v) is 8.95. The number of ether oxygens (including phenoxy) is 3. The van der Waals surface area contributed by atoms with E-state index in [1.807, 2.05) is 0 Å². The van der Waals surface area contributed by atoms with E-state index >= 15 is 0 Å². The van der Waals surface area contributed by atoms with Crippen LogP contribution < -0.4 is 11.1 Å². The van der Waals surface area contributed by atoms with E-state index in [9.17, 15) is 24.0 Å². The number of aliphatic carboxylic acids is 3. The van der Waals surface area contributed by atoms with E-state index in [4.69, 9.17) is 52.0 Å². The number of halogens is 1. The zero-order valence-corrected chi connectivity index (χ0v) is 23.4. The number of nitrogens with two attached hydrogens (primary N) is 1. The third-order valence-electron chi connectivity index (χ3n) is 5.56. The molecule has 1 aliphatic heterocycles. The molecule has 0 amide bonds. The maximum atomic E-state index is 12.9. The first-order chi connectivity index (χ1) is 19.2. The van der Waals surface area contributed by atoms with Crippen LogP contribution >= 0.6 is 11.6 Å². The van der Waals surface area contributed by atoms with Gasteiger partial charge in [-0.05, 0) is 25.5 Å². The van der Waals surface area contributed by atoms with Gasteiger partial charge in [-0.3, -0.25) is 9.59 Å². The first kappa shape index (κ1) is 35.0. The Bertz CT molecular complexity index is 1190. The Kier molecular flexibility index (Phi) is 14.0. The second-order valence-electron chi connectivity index (χ2n) is 8.54. The van der Waals surface area contributed by atoms with Gasteiger partial charge in [0.15, 0.2) is 5.60 Å². The van der Waals surface area contributed by atoms with E-state index in [2.05, 4.69) is 5.32 Å². The molecule has 1 aromatic rings. The number of hydrogen-bond donors (Lipinski definition) is 6. The number of benzene rings is 1. The maximum absolute atomic E-state index is 12.9. The lowest BCUT2D eigenvalue weighted by atomic mass is 9.80. The third kappa shape index (κ3) is 9.86. The van der Waals surface area contributed by atoms with Crippen LogP contribution in [-0.2, 0) is 38.2 Å². The zero-order valence-electron chi connectivity index (χ0n) is 22.6. The van der Waals surface area contributed by atoms with Crippen molar-refractivity contribution in [1.82, 2.24) is 5.32 Å². The smallest absolute Gasteiger partial charge is 0.336 e. The van der Waals surface area contributed by atoms with Crippen LogP contribution in [0.25, 0.3) is 0 Å². The van der Waals surface area contributed by atoms with Gasteiger partial charge in [-0.25, -0.2) is 14.4 Å². The highest BCUT2D eigenvalue weighted by atomic mass is 35.5. The Hall–Kier alpha value is -3.98. The van der Waals surface area contributed by atoms with Crippen LogP contribution in [0.5, 0.6) is 0 Å². The minimum absolute atomic E-state index is 0.109. The second kappa shape index (κ2) is 16.3. The molecule has 2 rings (SSSR count). The van der Waals surface area contributed by atoms with E-state index in [0.29, 0.717) is 40.7 Å². The molecule has 41 heavy (non-hydrogen) atoms. The van der Waals surface area contributed by atoms with Crippen LogP contribution in [0.3, 0.4) is 0 Å². The zero-order chi connectivity index (χ0) is 31.3. The average molecular weight is 601 g/mol. The van der Waals surface area contributed by atoms with Crippen LogP contribution in [0.15, 0.2) is 46.8 Å². The Morgan fingerprint density at radius 1 is 1.02 bits per heavy atom. The molecule has 7 N–H and O–H groups in total. The summed E-state index contributed by atoms with van der Waals surface area (Å²) in [5.74, 6) is -6.88. The van der Waals surface area contributed by atoms with Crippen molar-refractivity contribution >= 4 is 41.4 Å². The average Bonchev–Trinajstić information content (AvgIpc) is 2.88. The number of carbonyl (C=O) groups is 5. The molecule has 0 bridgehead atoms. The summed E-state index contributed by atoms with van der Waals surface area (Å²) >= 11 is 6.42. The first-order valence-corrected chi connectivity index (χ1v) is 12.5. The Morgan fingerprint density at radius 2 is 1.61 bits per heavy atom. The summed E-state index contributed by atoms with van der Waals surface area (Å²) in [6.45, 7) is 4.42. The van der Waals surface area contributed by atoms with Gasteiger partial charge in [0.1, 0.15) is 0 Å². The van der Waals surface area contributed by atoms with Crippen LogP contribution in [0.4, 0.5) is 0 Å². The minimum atomic E-state index is -2.74. The number of aliphatic hydroxyl groups is 1. The molecule has 0 aliphatic carbocycles. The van der Waals surface area contributed by atoms with Crippen LogP contribution in [-0.4, -0.2) is 89.3 Å². The SMILES string of the molecule is CCOC(=O)C1=C(COCCN)NC(C)=C(C(=O)OC)C1c1ccccc1Cl.O=C(O)CC(O)(CC(=O)O)C(=O)O. The summed E-state index contributed by atoms with van der Waals surface area (Å²) in [6.07, 6.45) is -2.29. The van der Waals surface area contributed by atoms with Gasteiger partial charge in [-0.1, -0.05) is 29.8 Å². The highest BCUT2D eigenvalue weighted by Crippen LogP contribution is 2.41. The molecule has 1 aliphatic rings. The number of allylic oxidation sites excluding steroid dienone is 1. The molecule has 0 aromatic heterocycles. The number of rotatable bonds is 13. The summed E-state index contributed by atoms with van der Waals surface area (Å²) < 4.78 is 15.8. The molecular formula is C26H33ClN2O12. The molecule has 1 unspecified atom stereocenters. The van der Waals surface area contributed by atoms with Crippen molar-refractivity contribution in [3.05, 3.63) is 57.4 Å². The third-order valence-corrected chi connectivity index (χ3v) is 5.90. The topological polar surface area (TPSA) is 232 Å². The largest absolute Gasteiger partial charge is 0.481 e. The van der Waals surface area contributed by atoms with E-state index in [1.165, 1.54) is 7.11 Å². The summed E-state index contributed by atoms with van der Waals surface area (Å²) in [6, 6.07) is 7.05. The molecule has 0 fully saturated rings. The van der Waals surface area contributed by atoms with Gasteiger partial charge in [0, 0.05) is 17.3 Å². The van der Waals surface area contributed by atoms with Crippen molar-refractivity contribution in [1.29, 1.82) is 0 Å². The number of hydrogen-bond acceptors (Lipinski definition) is 11. The molecule has 0 spiro atoms. The quantitative estimate of drug-likeness (QED) is 0.137. The van der Waals surface area contributed by atoms with Gasteiger partial charge in [0.25, 0.3) is 0 Å². The van der Waals surface area contributed by atoms with Crippen molar-refractivity contribution in [3.8, 4) is 0 Å². The molecule has 14 nitrogen and oxygen atoms in total. The van der Waals surface area contributed by atoms with Crippen LogP contribution in [0.1, 0.15) is 38.2 Å².